The van der Waals surface area contributed by atoms with Crippen molar-refractivity contribution in [1.82, 2.24) is 0 Å². The number of likely N-dealkylation sites (tertiary alicyclic amines) is 2. The molecule has 0 spiro atoms. The molecule has 2 aromatic carbocycles. The molecule has 4 unspecified atom stereocenters. The van der Waals surface area contributed by atoms with Crippen LogP contribution in [-0.4, -0.2) is 153 Å². The van der Waals surface area contributed by atoms with Gasteiger partial charge in [0.1, 0.15) is 38.5 Å². The first kappa shape index (κ1) is 45.5. The van der Waals surface area contributed by atoms with E-state index < -0.39 is 0 Å². The van der Waals surface area contributed by atoms with Gasteiger partial charge in [0.2, 0.25) is 0 Å². The third-order valence-electron chi connectivity index (χ3n) is 11.1. The predicted molar refractivity (Wildman–Crippen MR) is 212 cm³/mol. The maximum Gasteiger partial charge on any atom is 0.311 e. The highest BCUT2D eigenvalue weighted by Crippen LogP contribution is 2.29. The third-order valence-corrected chi connectivity index (χ3v) is 11.1. The van der Waals surface area contributed by atoms with Gasteiger partial charge in [0, 0.05) is 11.1 Å². The van der Waals surface area contributed by atoms with Gasteiger partial charge in [-0.25, -0.2) is 0 Å². The van der Waals surface area contributed by atoms with E-state index in [1.807, 2.05) is 0 Å². The maximum absolute atomic E-state index is 12.8. The molecule has 316 valence electrons. The van der Waals surface area contributed by atoms with Crippen LogP contribution in [0.3, 0.4) is 0 Å². The zero-order chi connectivity index (χ0) is 41.3. The number of hydrogen-bond acceptors (Lipinski definition) is 12. The Kier molecular flexibility index (Phi) is 18.1. The number of esters is 2. The van der Waals surface area contributed by atoms with Gasteiger partial charge in [0.15, 0.2) is 34.6 Å². The fraction of sp³-hybridized carbons (Fsp3) is 0.628. The Hall–Kier alpha value is -4.24. The fourth-order valence-corrected chi connectivity index (χ4v) is 7.62. The number of rotatable bonds is 24. The van der Waals surface area contributed by atoms with Gasteiger partial charge < -0.3 is 46.9 Å². The van der Waals surface area contributed by atoms with Crippen LogP contribution >= 0.6 is 0 Å². The molecule has 4 rings (SSSR count). The number of unbranched alkanes of at least 4 members (excludes halogenated alkanes) is 2. The molecule has 2 fully saturated rings. The van der Waals surface area contributed by atoms with Crippen LogP contribution in [0.15, 0.2) is 36.4 Å². The van der Waals surface area contributed by atoms with E-state index >= 15 is 0 Å². The number of nitrogens with zero attached hydrogens (tertiary/aromatic N) is 2. The number of Topliss-reactive ketones (excluding diaryl/α,β-unsaturated/α-hetero) is 2. The smallest absolute Gasteiger partial charge is 0.311 e. The highest BCUT2D eigenvalue weighted by Gasteiger charge is 2.34. The molecule has 57 heavy (non-hydrogen) atoms. The summed E-state index contributed by atoms with van der Waals surface area (Å²) in [5.41, 5.74) is 1.01. The predicted octanol–water partition coefficient (Wildman–Crippen LogP) is 5.07. The lowest BCUT2D eigenvalue weighted by atomic mass is 10.0. The van der Waals surface area contributed by atoms with E-state index in [1.54, 1.807) is 50.6 Å². The van der Waals surface area contributed by atoms with Gasteiger partial charge >= 0.3 is 11.9 Å². The average molecular weight is 801 g/mol. The van der Waals surface area contributed by atoms with E-state index in [9.17, 15) is 19.2 Å². The molecule has 0 amide bonds. The van der Waals surface area contributed by atoms with E-state index in [-0.39, 0.29) is 48.9 Å². The van der Waals surface area contributed by atoms with E-state index in [0.717, 1.165) is 58.3 Å². The number of methoxy groups -OCH3 is 4. The molecule has 14 heteroatoms. The zero-order valence-electron chi connectivity index (χ0n) is 34.8. The van der Waals surface area contributed by atoms with Crippen molar-refractivity contribution in [3.8, 4) is 23.0 Å². The van der Waals surface area contributed by atoms with Gasteiger partial charge in [-0.15, -0.1) is 0 Å². The van der Waals surface area contributed by atoms with Crippen molar-refractivity contribution in [2.45, 2.75) is 70.0 Å². The molecule has 4 atom stereocenters. The number of ketones is 2. The average Bonchev–Trinajstić information content (AvgIpc) is 3.22. The third kappa shape index (κ3) is 14.6. The molecule has 2 aromatic rings. The standard InChI is InChI=1S/C43H64N2O12/c1-44(20-10-12-34(28-44)56-30-36(46)32-14-16-38(50-3)40(26-32)52-5)22-18-42(48)54-24-8-7-9-25-55-43(49)19-23-45(2)21-11-13-35(29-45)57-31-37(47)33-15-17-39(51-4)41(27-33)53-6/h14-17,26-27,34-35H,7-13,18-25,28-31H2,1-6H3/q+2. The van der Waals surface area contributed by atoms with Crippen LogP contribution in [0.1, 0.15) is 78.5 Å². The van der Waals surface area contributed by atoms with E-state index in [1.165, 1.54) is 14.2 Å². The van der Waals surface area contributed by atoms with Gasteiger partial charge in [-0.1, -0.05) is 0 Å². The van der Waals surface area contributed by atoms with Crippen molar-refractivity contribution >= 4 is 23.5 Å². The molecular weight excluding hydrogens is 736 g/mol. The molecule has 2 aliphatic rings. The van der Waals surface area contributed by atoms with Crippen molar-refractivity contribution in [2.75, 3.05) is 108 Å². The summed E-state index contributed by atoms with van der Waals surface area (Å²) in [5, 5.41) is 0. The lowest BCUT2D eigenvalue weighted by Crippen LogP contribution is -2.54. The van der Waals surface area contributed by atoms with Crippen LogP contribution in [0.2, 0.25) is 0 Å². The summed E-state index contributed by atoms with van der Waals surface area (Å²) in [5.74, 6) is 1.43. The summed E-state index contributed by atoms with van der Waals surface area (Å²) in [7, 11) is 10.4. The lowest BCUT2D eigenvalue weighted by molar-refractivity contribution is -0.916. The first-order valence-electron chi connectivity index (χ1n) is 20.1. The molecule has 14 nitrogen and oxygen atoms in total. The lowest BCUT2D eigenvalue weighted by Gasteiger charge is -2.41. The van der Waals surface area contributed by atoms with Crippen molar-refractivity contribution in [1.29, 1.82) is 0 Å². The summed E-state index contributed by atoms with van der Waals surface area (Å²) in [6.45, 7) is 5.23. The van der Waals surface area contributed by atoms with Crippen LogP contribution in [-0.2, 0) is 28.5 Å². The topological polar surface area (TPSA) is 142 Å². The molecule has 0 aliphatic carbocycles. The highest BCUT2D eigenvalue weighted by molar-refractivity contribution is 5.98. The molecule has 2 saturated heterocycles. The first-order chi connectivity index (χ1) is 27.4. The van der Waals surface area contributed by atoms with E-state index in [2.05, 4.69) is 14.1 Å². The van der Waals surface area contributed by atoms with Crippen molar-refractivity contribution < 1.29 is 66.0 Å². The Balaban J connectivity index is 1.03. The minimum absolute atomic E-state index is 0.0217. The Morgan fingerprint density at radius 1 is 0.579 bits per heavy atom. The number of likely N-dealkylation sites (N-methyl/N-ethyl adjacent to an activating group) is 2. The van der Waals surface area contributed by atoms with Crippen molar-refractivity contribution in [3.05, 3.63) is 47.5 Å². The number of carbonyl (C=O) groups is 4. The first-order valence-corrected chi connectivity index (χ1v) is 20.1. The number of ether oxygens (including phenoxy) is 8. The Labute approximate surface area is 337 Å². The monoisotopic (exact) mass is 800 g/mol. The van der Waals surface area contributed by atoms with Gasteiger partial charge in [-0.05, 0) is 81.3 Å². The normalized spacial score (nSPS) is 21.9. The minimum atomic E-state index is -0.223. The van der Waals surface area contributed by atoms with Gasteiger partial charge in [0.05, 0.1) is 94.8 Å². The van der Waals surface area contributed by atoms with Gasteiger partial charge in [0.25, 0.3) is 0 Å². The number of hydrogen-bond donors (Lipinski definition) is 0. The molecule has 0 N–H and O–H groups in total. The van der Waals surface area contributed by atoms with Gasteiger partial charge in [-0.2, -0.15) is 0 Å². The fourth-order valence-electron chi connectivity index (χ4n) is 7.62. The summed E-state index contributed by atoms with van der Waals surface area (Å²) >= 11 is 0. The SMILES string of the molecule is COc1ccc(C(=O)COC2CCC[N+](C)(CCC(=O)OCCCCCOC(=O)CC[N+]3(C)CCCC(OCC(=O)c4ccc(OC)c(OC)c4)C3)C2)cc1OC. The Morgan fingerprint density at radius 2 is 0.982 bits per heavy atom. The highest BCUT2D eigenvalue weighted by atomic mass is 16.5. The zero-order valence-corrected chi connectivity index (χ0v) is 34.8. The summed E-state index contributed by atoms with van der Waals surface area (Å²) < 4.78 is 45.6. The van der Waals surface area contributed by atoms with Crippen LogP contribution in [0, 0.1) is 0 Å². The van der Waals surface area contributed by atoms with Crippen LogP contribution in [0.25, 0.3) is 0 Å². The summed E-state index contributed by atoms with van der Waals surface area (Å²) in [6, 6.07) is 10.2. The number of quaternary nitrogens is 2. The molecule has 2 heterocycles. The van der Waals surface area contributed by atoms with E-state index in [0.29, 0.717) is 95.1 Å². The molecular formula is C43H64N2O12+2. The van der Waals surface area contributed by atoms with Gasteiger partial charge in [-0.3, -0.25) is 19.2 Å². The molecule has 0 bridgehead atoms. The minimum Gasteiger partial charge on any atom is -0.493 e. The van der Waals surface area contributed by atoms with Crippen molar-refractivity contribution in [2.24, 2.45) is 0 Å². The number of piperidine rings is 2. The number of carbonyl (C=O) groups excluding carboxylic acids is 4. The quantitative estimate of drug-likeness (QED) is 0.0606. The van der Waals surface area contributed by atoms with Crippen LogP contribution in [0.5, 0.6) is 23.0 Å². The molecule has 0 saturated carbocycles. The molecule has 2 aliphatic heterocycles. The Morgan fingerprint density at radius 3 is 1.37 bits per heavy atom. The maximum atomic E-state index is 12.8. The second-order valence-corrected chi connectivity index (χ2v) is 15.6. The number of benzene rings is 2. The second-order valence-electron chi connectivity index (χ2n) is 15.6. The molecule has 0 aromatic heterocycles. The molecule has 0 radical (unpaired) electrons. The summed E-state index contributed by atoms with van der Waals surface area (Å²) in [6.07, 6.45) is 6.31. The van der Waals surface area contributed by atoms with Crippen LogP contribution < -0.4 is 18.9 Å². The Bertz CT molecular complexity index is 1520. The summed E-state index contributed by atoms with van der Waals surface area (Å²) in [4.78, 5) is 50.7. The second kappa shape index (κ2) is 22.6. The largest absolute Gasteiger partial charge is 0.493 e. The van der Waals surface area contributed by atoms with Crippen LogP contribution in [0.4, 0.5) is 0 Å². The van der Waals surface area contributed by atoms with E-state index in [4.69, 9.17) is 37.9 Å². The van der Waals surface area contributed by atoms with Crippen molar-refractivity contribution in [3.63, 3.8) is 0 Å².